The summed E-state index contributed by atoms with van der Waals surface area (Å²) in [5.74, 6) is 1.29. The SMILES string of the molecule is CCOc1ccc(N[C@@H](CC)C(=O)NN=Cc2ccccc2OCc2ccccc2)cc1. The van der Waals surface area contributed by atoms with Crippen molar-refractivity contribution in [3.8, 4) is 11.5 Å². The summed E-state index contributed by atoms with van der Waals surface area (Å²) in [5, 5.41) is 7.37. The molecule has 32 heavy (non-hydrogen) atoms. The van der Waals surface area contributed by atoms with Gasteiger partial charge in [-0.1, -0.05) is 49.4 Å². The third kappa shape index (κ3) is 6.87. The van der Waals surface area contributed by atoms with Crippen molar-refractivity contribution in [2.45, 2.75) is 32.9 Å². The van der Waals surface area contributed by atoms with E-state index in [0.717, 1.165) is 22.6 Å². The summed E-state index contributed by atoms with van der Waals surface area (Å²) >= 11 is 0. The van der Waals surface area contributed by atoms with Gasteiger partial charge in [-0.15, -0.1) is 0 Å². The van der Waals surface area contributed by atoms with Crippen molar-refractivity contribution in [1.82, 2.24) is 5.43 Å². The number of nitrogens with one attached hydrogen (secondary N) is 2. The lowest BCUT2D eigenvalue weighted by Crippen LogP contribution is -2.36. The Morgan fingerprint density at radius 2 is 1.66 bits per heavy atom. The van der Waals surface area contributed by atoms with Crippen molar-refractivity contribution in [3.63, 3.8) is 0 Å². The van der Waals surface area contributed by atoms with Gasteiger partial charge in [-0.2, -0.15) is 5.10 Å². The van der Waals surface area contributed by atoms with Gasteiger partial charge in [-0.25, -0.2) is 5.43 Å². The third-order valence-corrected chi connectivity index (χ3v) is 4.77. The van der Waals surface area contributed by atoms with E-state index in [9.17, 15) is 4.79 Å². The maximum atomic E-state index is 12.6. The maximum absolute atomic E-state index is 12.6. The van der Waals surface area contributed by atoms with Gasteiger partial charge < -0.3 is 14.8 Å². The molecule has 166 valence electrons. The van der Waals surface area contributed by atoms with Crippen LogP contribution in [0.5, 0.6) is 11.5 Å². The van der Waals surface area contributed by atoms with Crippen molar-refractivity contribution >= 4 is 17.8 Å². The second kappa shape index (κ2) is 12.2. The van der Waals surface area contributed by atoms with Gasteiger partial charge in [-0.3, -0.25) is 4.79 Å². The van der Waals surface area contributed by atoms with Crippen molar-refractivity contribution in [3.05, 3.63) is 90.0 Å². The Hall–Kier alpha value is -3.80. The highest BCUT2D eigenvalue weighted by Crippen LogP contribution is 2.18. The molecule has 0 aliphatic rings. The van der Waals surface area contributed by atoms with Gasteiger partial charge in [0.15, 0.2) is 0 Å². The molecule has 1 atom stereocenters. The molecule has 6 nitrogen and oxygen atoms in total. The minimum absolute atomic E-state index is 0.208. The van der Waals surface area contributed by atoms with Crippen molar-refractivity contribution in [1.29, 1.82) is 0 Å². The molecule has 3 aromatic rings. The molecule has 0 aromatic heterocycles. The summed E-state index contributed by atoms with van der Waals surface area (Å²) < 4.78 is 11.4. The molecule has 1 amide bonds. The van der Waals surface area contributed by atoms with E-state index in [0.29, 0.717) is 25.4 Å². The Bertz CT molecular complexity index is 1000. The van der Waals surface area contributed by atoms with Crippen LogP contribution in [0.15, 0.2) is 84.0 Å². The lowest BCUT2D eigenvalue weighted by molar-refractivity contribution is -0.121. The van der Waals surface area contributed by atoms with Gasteiger partial charge in [0.1, 0.15) is 24.1 Å². The second-order valence-corrected chi connectivity index (χ2v) is 7.11. The molecule has 3 aromatic carbocycles. The van der Waals surface area contributed by atoms with E-state index in [4.69, 9.17) is 9.47 Å². The molecule has 0 heterocycles. The first kappa shape index (κ1) is 22.9. The number of ether oxygens (including phenoxy) is 2. The van der Waals surface area contributed by atoms with Crippen molar-refractivity contribution < 1.29 is 14.3 Å². The van der Waals surface area contributed by atoms with Crippen LogP contribution in [0.4, 0.5) is 5.69 Å². The molecule has 0 radical (unpaired) electrons. The number of anilines is 1. The molecule has 0 unspecified atom stereocenters. The van der Waals surface area contributed by atoms with Crippen molar-refractivity contribution in [2.24, 2.45) is 5.10 Å². The van der Waals surface area contributed by atoms with Crippen LogP contribution < -0.4 is 20.2 Å². The second-order valence-electron chi connectivity index (χ2n) is 7.11. The molecule has 0 bridgehead atoms. The number of rotatable bonds is 11. The zero-order valence-corrected chi connectivity index (χ0v) is 18.5. The zero-order chi connectivity index (χ0) is 22.6. The standard InChI is InChI=1S/C26H29N3O3/c1-3-24(28-22-14-16-23(17-15-22)31-4-2)26(30)29-27-18-21-12-8-9-13-25(21)32-19-20-10-6-5-7-11-20/h5-18,24,28H,3-4,19H2,1-2H3,(H,29,30)/t24-/m0/s1. The van der Waals surface area contributed by atoms with E-state index in [2.05, 4.69) is 15.8 Å². The Labute approximate surface area is 189 Å². The maximum Gasteiger partial charge on any atom is 0.262 e. The first-order valence-corrected chi connectivity index (χ1v) is 10.8. The Kier molecular flexibility index (Phi) is 8.69. The normalized spacial score (nSPS) is 11.7. The first-order valence-electron chi connectivity index (χ1n) is 10.8. The number of hydrogen-bond donors (Lipinski definition) is 2. The fourth-order valence-corrected chi connectivity index (χ4v) is 3.07. The molecular formula is C26H29N3O3. The summed E-state index contributed by atoms with van der Waals surface area (Å²) in [4.78, 5) is 12.6. The summed E-state index contributed by atoms with van der Waals surface area (Å²) in [6.45, 7) is 4.97. The monoisotopic (exact) mass is 431 g/mol. The highest BCUT2D eigenvalue weighted by Gasteiger charge is 2.15. The lowest BCUT2D eigenvalue weighted by Gasteiger charge is -2.16. The molecule has 0 saturated carbocycles. The summed E-state index contributed by atoms with van der Waals surface area (Å²) in [7, 11) is 0. The molecule has 3 rings (SSSR count). The van der Waals surface area contributed by atoms with Gasteiger partial charge in [0, 0.05) is 11.3 Å². The van der Waals surface area contributed by atoms with Crippen LogP contribution in [-0.4, -0.2) is 24.8 Å². The Morgan fingerprint density at radius 1 is 0.938 bits per heavy atom. The quantitative estimate of drug-likeness (QED) is 0.331. The highest BCUT2D eigenvalue weighted by atomic mass is 16.5. The van der Waals surface area contributed by atoms with Gasteiger partial charge >= 0.3 is 0 Å². The zero-order valence-electron chi connectivity index (χ0n) is 18.5. The number of hydrazone groups is 1. The number of benzene rings is 3. The van der Waals surface area contributed by atoms with Crippen LogP contribution in [0, 0.1) is 0 Å². The van der Waals surface area contributed by atoms with Gasteiger partial charge in [0.25, 0.3) is 5.91 Å². The minimum Gasteiger partial charge on any atom is -0.494 e. The summed E-state index contributed by atoms with van der Waals surface area (Å²) in [5.41, 5.74) is 5.34. The molecule has 6 heteroatoms. The van der Waals surface area contributed by atoms with E-state index in [-0.39, 0.29) is 5.91 Å². The lowest BCUT2D eigenvalue weighted by atomic mass is 10.2. The van der Waals surface area contributed by atoms with Crippen LogP contribution in [-0.2, 0) is 11.4 Å². The van der Waals surface area contributed by atoms with Crippen LogP contribution in [0.3, 0.4) is 0 Å². The molecular weight excluding hydrogens is 402 g/mol. The number of carbonyl (C=O) groups is 1. The van der Waals surface area contributed by atoms with Gasteiger partial charge in [0.2, 0.25) is 0 Å². The van der Waals surface area contributed by atoms with E-state index < -0.39 is 6.04 Å². The summed E-state index contributed by atoms with van der Waals surface area (Å²) in [6.07, 6.45) is 2.22. The Balaban J connectivity index is 1.56. The van der Waals surface area contributed by atoms with Gasteiger partial charge in [-0.05, 0) is 55.3 Å². The molecule has 0 aliphatic heterocycles. The van der Waals surface area contributed by atoms with Crippen LogP contribution in [0.25, 0.3) is 0 Å². The minimum atomic E-state index is -0.408. The summed E-state index contributed by atoms with van der Waals surface area (Å²) in [6, 6.07) is 24.7. The van der Waals surface area contributed by atoms with Gasteiger partial charge in [0.05, 0.1) is 12.8 Å². The van der Waals surface area contributed by atoms with E-state index in [1.165, 1.54) is 0 Å². The number of hydrogen-bond acceptors (Lipinski definition) is 5. The average molecular weight is 432 g/mol. The molecule has 2 N–H and O–H groups in total. The topological polar surface area (TPSA) is 72.0 Å². The largest absolute Gasteiger partial charge is 0.494 e. The molecule has 0 spiro atoms. The first-order chi connectivity index (χ1) is 15.7. The van der Waals surface area contributed by atoms with E-state index in [1.54, 1.807) is 6.21 Å². The fourth-order valence-electron chi connectivity index (χ4n) is 3.07. The fraction of sp³-hybridized carbons (Fsp3) is 0.231. The number of carbonyl (C=O) groups excluding carboxylic acids is 1. The number of nitrogens with zero attached hydrogens (tertiary/aromatic N) is 1. The van der Waals surface area contributed by atoms with E-state index in [1.807, 2.05) is 92.7 Å². The molecule has 0 saturated heterocycles. The average Bonchev–Trinajstić information content (AvgIpc) is 2.83. The van der Waals surface area contributed by atoms with Crippen LogP contribution in [0.1, 0.15) is 31.4 Å². The molecule has 0 aliphatic carbocycles. The third-order valence-electron chi connectivity index (χ3n) is 4.77. The number of amides is 1. The Morgan fingerprint density at radius 3 is 2.38 bits per heavy atom. The van der Waals surface area contributed by atoms with E-state index >= 15 is 0 Å². The predicted octanol–water partition coefficient (Wildman–Crippen LogP) is 5.01. The van der Waals surface area contributed by atoms with Crippen LogP contribution in [0.2, 0.25) is 0 Å². The van der Waals surface area contributed by atoms with Crippen LogP contribution >= 0.6 is 0 Å². The molecule has 0 fully saturated rings. The smallest absolute Gasteiger partial charge is 0.262 e. The van der Waals surface area contributed by atoms with Crippen molar-refractivity contribution in [2.75, 3.05) is 11.9 Å². The number of para-hydroxylation sites is 1. The predicted molar refractivity (Wildman–Crippen MR) is 128 cm³/mol. The highest BCUT2D eigenvalue weighted by molar-refractivity contribution is 5.88.